The lowest BCUT2D eigenvalue weighted by atomic mass is 10.1. The van der Waals surface area contributed by atoms with Crippen LogP contribution in [0.3, 0.4) is 0 Å². The van der Waals surface area contributed by atoms with Gasteiger partial charge < -0.3 is 15.0 Å². The number of rotatable bonds is 5. The SMILES string of the molecule is COC(=O)CN1CCC[C@@H](Nc2ncc(Cl)c(-c3c[nH]c4ccccc34)n2)C1. The number of aromatic nitrogens is 3. The number of aromatic amines is 1. The Labute approximate surface area is 168 Å². The molecule has 0 amide bonds. The summed E-state index contributed by atoms with van der Waals surface area (Å²) in [6.45, 7) is 1.93. The number of hydrogen-bond acceptors (Lipinski definition) is 6. The Morgan fingerprint density at radius 2 is 2.29 bits per heavy atom. The van der Waals surface area contributed by atoms with Gasteiger partial charge in [-0.05, 0) is 25.5 Å². The van der Waals surface area contributed by atoms with Gasteiger partial charge in [-0.2, -0.15) is 0 Å². The summed E-state index contributed by atoms with van der Waals surface area (Å²) in [5.41, 5.74) is 2.67. The Morgan fingerprint density at radius 1 is 1.43 bits per heavy atom. The highest BCUT2D eigenvalue weighted by atomic mass is 35.5. The molecule has 2 N–H and O–H groups in total. The minimum atomic E-state index is -0.218. The van der Waals surface area contributed by atoms with Gasteiger partial charge in [0, 0.05) is 35.2 Å². The molecule has 1 saturated heterocycles. The number of ether oxygens (including phenoxy) is 1. The van der Waals surface area contributed by atoms with E-state index in [0.29, 0.717) is 23.2 Å². The first-order valence-electron chi connectivity index (χ1n) is 9.29. The average molecular weight is 400 g/mol. The van der Waals surface area contributed by atoms with Crippen LogP contribution in [-0.4, -0.2) is 58.6 Å². The second kappa shape index (κ2) is 8.16. The molecule has 146 valence electrons. The number of benzene rings is 1. The molecule has 0 saturated carbocycles. The number of hydrogen-bond donors (Lipinski definition) is 2. The standard InChI is InChI=1S/C20H22ClN5O2/c1-28-18(27)12-26-8-4-5-13(11-26)24-20-23-10-16(21)19(25-20)15-9-22-17-7-3-2-6-14(15)17/h2-3,6-7,9-10,13,22H,4-5,8,11-12H2,1H3,(H,23,24,25)/t13-/m1/s1. The Hall–Kier alpha value is -2.64. The third-order valence-corrected chi connectivity index (χ3v) is 5.28. The molecule has 0 radical (unpaired) electrons. The molecule has 8 heteroatoms. The summed E-state index contributed by atoms with van der Waals surface area (Å²) < 4.78 is 4.77. The highest BCUT2D eigenvalue weighted by Crippen LogP contribution is 2.32. The molecule has 1 atom stereocenters. The molecule has 28 heavy (non-hydrogen) atoms. The predicted octanol–water partition coefficient (Wildman–Crippen LogP) is 3.33. The molecule has 1 aliphatic heterocycles. The number of para-hydroxylation sites is 1. The molecule has 1 aliphatic rings. The Balaban J connectivity index is 1.53. The number of methoxy groups -OCH3 is 1. The molecule has 3 heterocycles. The summed E-state index contributed by atoms with van der Waals surface area (Å²) in [6.07, 6.45) is 5.54. The number of H-pyrrole nitrogens is 1. The first kappa shape index (κ1) is 18.7. The number of carbonyl (C=O) groups is 1. The Kier molecular flexibility index (Phi) is 5.45. The number of nitrogens with one attached hydrogen (secondary N) is 2. The topological polar surface area (TPSA) is 83.1 Å². The summed E-state index contributed by atoms with van der Waals surface area (Å²) in [5, 5.41) is 4.97. The van der Waals surface area contributed by atoms with Crippen molar-refractivity contribution >= 4 is 34.4 Å². The summed E-state index contributed by atoms with van der Waals surface area (Å²) in [6, 6.07) is 8.20. The minimum Gasteiger partial charge on any atom is -0.468 e. The van der Waals surface area contributed by atoms with Crippen LogP contribution >= 0.6 is 11.6 Å². The van der Waals surface area contributed by atoms with Crippen molar-refractivity contribution in [3.8, 4) is 11.3 Å². The van der Waals surface area contributed by atoms with E-state index in [0.717, 1.165) is 42.4 Å². The third kappa shape index (κ3) is 3.95. The third-order valence-electron chi connectivity index (χ3n) is 5.01. The van der Waals surface area contributed by atoms with Crippen LogP contribution in [0.15, 0.2) is 36.7 Å². The van der Waals surface area contributed by atoms with Crippen molar-refractivity contribution in [1.82, 2.24) is 19.9 Å². The van der Waals surface area contributed by atoms with Gasteiger partial charge in [0.1, 0.15) is 0 Å². The van der Waals surface area contributed by atoms with Gasteiger partial charge in [0.05, 0.1) is 30.6 Å². The van der Waals surface area contributed by atoms with E-state index in [4.69, 9.17) is 16.3 Å². The summed E-state index contributed by atoms with van der Waals surface area (Å²) >= 11 is 6.40. The van der Waals surface area contributed by atoms with E-state index in [9.17, 15) is 4.79 Å². The molecule has 4 rings (SSSR count). The van der Waals surface area contributed by atoms with Crippen molar-refractivity contribution in [3.05, 3.63) is 41.7 Å². The lowest BCUT2D eigenvalue weighted by Crippen LogP contribution is -2.44. The number of piperidine rings is 1. The average Bonchev–Trinajstić information content (AvgIpc) is 3.13. The van der Waals surface area contributed by atoms with Gasteiger partial charge in [0.2, 0.25) is 5.95 Å². The molecule has 0 unspecified atom stereocenters. The van der Waals surface area contributed by atoms with Gasteiger partial charge in [-0.1, -0.05) is 29.8 Å². The summed E-state index contributed by atoms with van der Waals surface area (Å²) in [7, 11) is 1.41. The molecule has 0 bridgehead atoms. The number of likely N-dealkylation sites (tertiary alicyclic amines) is 1. The maximum atomic E-state index is 11.5. The van der Waals surface area contributed by atoms with E-state index in [1.807, 2.05) is 30.5 Å². The first-order valence-corrected chi connectivity index (χ1v) is 9.66. The number of halogens is 1. The highest BCUT2D eigenvalue weighted by molar-refractivity contribution is 6.33. The van der Waals surface area contributed by atoms with Crippen LogP contribution < -0.4 is 5.32 Å². The van der Waals surface area contributed by atoms with Crippen LogP contribution in [0.5, 0.6) is 0 Å². The van der Waals surface area contributed by atoms with Crippen molar-refractivity contribution in [3.63, 3.8) is 0 Å². The summed E-state index contributed by atoms with van der Waals surface area (Å²) in [5.74, 6) is 0.319. The fourth-order valence-corrected chi connectivity index (χ4v) is 3.83. The van der Waals surface area contributed by atoms with Crippen LogP contribution in [0.25, 0.3) is 22.2 Å². The number of esters is 1. The molecule has 0 aliphatic carbocycles. The quantitative estimate of drug-likeness (QED) is 0.640. The van der Waals surface area contributed by atoms with Crippen molar-refractivity contribution in [1.29, 1.82) is 0 Å². The van der Waals surface area contributed by atoms with Gasteiger partial charge >= 0.3 is 5.97 Å². The van der Waals surface area contributed by atoms with Crippen LogP contribution in [0, 0.1) is 0 Å². The van der Waals surface area contributed by atoms with Crippen molar-refractivity contribution in [2.75, 3.05) is 32.1 Å². The number of fused-ring (bicyclic) bond motifs is 1. The highest BCUT2D eigenvalue weighted by Gasteiger charge is 2.23. The van der Waals surface area contributed by atoms with Gasteiger partial charge in [0.25, 0.3) is 0 Å². The van der Waals surface area contributed by atoms with Gasteiger partial charge in [0.15, 0.2) is 0 Å². The lowest BCUT2D eigenvalue weighted by Gasteiger charge is -2.32. The van der Waals surface area contributed by atoms with Crippen LogP contribution in [-0.2, 0) is 9.53 Å². The molecular formula is C20H22ClN5O2. The maximum absolute atomic E-state index is 11.5. The van der Waals surface area contributed by atoms with Crippen molar-refractivity contribution in [2.45, 2.75) is 18.9 Å². The normalized spacial score (nSPS) is 17.6. The zero-order valence-corrected chi connectivity index (χ0v) is 16.4. The molecule has 3 aromatic rings. The molecule has 0 spiro atoms. The molecule has 2 aromatic heterocycles. The van der Waals surface area contributed by atoms with Crippen LogP contribution in [0.2, 0.25) is 5.02 Å². The van der Waals surface area contributed by atoms with E-state index < -0.39 is 0 Å². The van der Waals surface area contributed by atoms with Gasteiger partial charge in [-0.3, -0.25) is 9.69 Å². The maximum Gasteiger partial charge on any atom is 0.319 e. The van der Waals surface area contributed by atoms with Crippen molar-refractivity contribution < 1.29 is 9.53 Å². The first-order chi connectivity index (χ1) is 13.6. The summed E-state index contributed by atoms with van der Waals surface area (Å²) in [4.78, 5) is 25.9. The molecular weight excluding hydrogens is 378 g/mol. The number of anilines is 1. The monoisotopic (exact) mass is 399 g/mol. The van der Waals surface area contributed by atoms with E-state index in [1.165, 1.54) is 7.11 Å². The fraction of sp³-hybridized carbons (Fsp3) is 0.350. The number of carbonyl (C=O) groups excluding carboxylic acids is 1. The molecule has 1 aromatic carbocycles. The zero-order valence-electron chi connectivity index (χ0n) is 15.6. The lowest BCUT2D eigenvalue weighted by molar-refractivity contribution is -0.142. The fourth-order valence-electron chi connectivity index (χ4n) is 3.64. The van der Waals surface area contributed by atoms with E-state index in [2.05, 4.69) is 25.2 Å². The van der Waals surface area contributed by atoms with Gasteiger partial charge in [-0.15, -0.1) is 0 Å². The van der Waals surface area contributed by atoms with Gasteiger partial charge in [-0.25, -0.2) is 9.97 Å². The van der Waals surface area contributed by atoms with Crippen molar-refractivity contribution in [2.24, 2.45) is 0 Å². The molecule has 1 fully saturated rings. The zero-order chi connectivity index (χ0) is 19.5. The Bertz CT molecular complexity index is 990. The molecule has 7 nitrogen and oxygen atoms in total. The Morgan fingerprint density at radius 3 is 3.14 bits per heavy atom. The van der Waals surface area contributed by atoms with E-state index in [1.54, 1.807) is 6.20 Å². The second-order valence-electron chi connectivity index (χ2n) is 6.93. The minimum absolute atomic E-state index is 0.162. The predicted molar refractivity (Wildman–Crippen MR) is 109 cm³/mol. The number of nitrogens with zero attached hydrogens (tertiary/aromatic N) is 3. The smallest absolute Gasteiger partial charge is 0.319 e. The van der Waals surface area contributed by atoms with E-state index in [-0.39, 0.29) is 12.0 Å². The van der Waals surface area contributed by atoms with Crippen LogP contribution in [0.4, 0.5) is 5.95 Å². The van der Waals surface area contributed by atoms with E-state index >= 15 is 0 Å². The largest absolute Gasteiger partial charge is 0.468 e. The second-order valence-corrected chi connectivity index (χ2v) is 7.34. The van der Waals surface area contributed by atoms with Crippen LogP contribution in [0.1, 0.15) is 12.8 Å².